The first kappa shape index (κ1) is 21.1. The number of sulfonamides is 1. The van der Waals surface area contributed by atoms with Crippen LogP contribution in [0.4, 0.5) is 0 Å². The summed E-state index contributed by atoms with van der Waals surface area (Å²) < 4.78 is 27.4. The molecule has 7 nitrogen and oxygen atoms in total. The summed E-state index contributed by atoms with van der Waals surface area (Å²) in [5.74, 6) is -2.42. The van der Waals surface area contributed by atoms with E-state index in [0.717, 1.165) is 24.0 Å². The zero-order chi connectivity index (χ0) is 21.6. The van der Waals surface area contributed by atoms with Gasteiger partial charge < -0.3 is 10.0 Å². The molecule has 1 N–H and O–H groups in total. The quantitative estimate of drug-likeness (QED) is 0.735. The number of rotatable bonds is 4. The van der Waals surface area contributed by atoms with E-state index in [1.54, 1.807) is 23.1 Å². The van der Waals surface area contributed by atoms with Gasteiger partial charge in [-0.05, 0) is 61.8 Å². The first-order valence-corrected chi connectivity index (χ1v) is 11.9. The third-order valence-electron chi connectivity index (χ3n) is 6.99. The molecule has 2 fully saturated rings. The largest absolute Gasteiger partial charge is 0.481 e. The fourth-order valence-electron chi connectivity index (χ4n) is 5.05. The first-order valence-electron chi connectivity index (χ1n) is 10.5. The second kappa shape index (κ2) is 7.81. The van der Waals surface area contributed by atoms with E-state index in [1.165, 1.54) is 4.31 Å². The topological polar surface area (TPSA) is 95.0 Å². The standard InChI is InChI=1S/C22H28N2O5S/c1-14-3-8-18(13-15(14)2)30(28,29)24-11-9-23(10-12-24)21(25)19-16-4-6-17(7-5-16)20(19)22(26)27/h3-4,6,8,13,16-17,19-20H,5,7,9-12H2,1-2H3,(H,26,27)/t16-,17-,19+,20+/m0/s1. The average Bonchev–Trinajstić information content (AvgIpc) is 2.75. The fourth-order valence-corrected chi connectivity index (χ4v) is 6.56. The van der Waals surface area contributed by atoms with Crippen molar-refractivity contribution in [3.05, 3.63) is 41.5 Å². The van der Waals surface area contributed by atoms with Crippen LogP contribution in [-0.4, -0.2) is 60.8 Å². The van der Waals surface area contributed by atoms with E-state index >= 15 is 0 Å². The van der Waals surface area contributed by atoms with E-state index in [0.29, 0.717) is 0 Å². The van der Waals surface area contributed by atoms with Crippen LogP contribution in [0.3, 0.4) is 0 Å². The number of carbonyl (C=O) groups is 2. The molecule has 3 aliphatic carbocycles. The van der Waals surface area contributed by atoms with Crippen LogP contribution in [0.25, 0.3) is 0 Å². The van der Waals surface area contributed by atoms with Crippen molar-refractivity contribution in [2.45, 2.75) is 31.6 Å². The van der Waals surface area contributed by atoms with Gasteiger partial charge in [-0.3, -0.25) is 9.59 Å². The molecule has 4 aliphatic rings. The highest BCUT2D eigenvalue weighted by atomic mass is 32.2. The third-order valence-corrected chi connectivity index (χ3v) is 8.88. The lowest BCUT2D eigenvalue weighted by molar-refractivity contribution is -0.157. The van der Waals surface area contributed by atoms with Gasteiger partial charge in [0, 0.05) is 26.2 Å². The summed E-state index contributed by atoms with van der Waals surface area (Å²) in [5.41, 5.74) is 1.96. The molecule has 1 heterocycles. The molecular weight excluding hydrogens is 404 g/mol. The maximum atomic E-state index is 13.2. The smallest absolute Gasteiger partial charge is 0.307 e. The Labute approximate surface area is 177 Å². The maximum Gasteiger partial charge on any atom is 0.307 e. The van der Waals surface area contributed by atoms with E-state index < -0.39 is 27.8 Å². The van der Waals surface area contributed by atoms with Gasteiger partial charge in [-0.15, -0.1) is 0 Å². The minimum Gasteiger partial charge on any atom is -0.481 e. The molecule has 1 aromatic carbocycles. The summed E-state index contributed by atoms with van der Waals surface area (Å²) in [6.45, 7) is 4.83. The summed E-state index contributed by atoms with van der Waals surface area (Å²) in [6, 6.07) is 5.11. The van der Waals surface area contributed by atoms with E-state index in [4.69, 9.17) is 0 Å². The van der Waals surface area contributed by atoms with E-state index in [1.807, 2.05) is 26.0 Å². The monoisotopic (exact) mass is 432 g/mol. The summed E-state index contributed by atoms with van der Waals surface area (Å²) in [5, 5.41) is 9.70. The Morgan fingerprint density at radius 2 is 1.53 bits per heavy atom. The lowest BCUT2D eigenvalue weighted by Gasteiger charge is -2.45. The van der Waals surface area contributed by atoms with Crippen molar-refractivity contribution in [2.75, 3.05) is 26.2 Å². The minimum absolute atomic E-state index is 0.0408. The number of nitrogens with zero attached hydrogens (tertiary/aromatic N) is 2. The molecule has 1 saturated carbocycles. The van der Waals surface area contributed by atoms with E-state index in [2.05, 4.69) is 0 Å². The van der Waals surface area contributed by atoms with Crippen molar-refractivity contribution in [1.82, 2.24) is 9.21 Å². The Bertz CT molecular complexity index is 995. The van der Waals surface area contributed by atoms with Crippen LogP contribution in [-0.2, 0) is 19.6 Å². The van der Waals surface area contributed by atoms with Gasteiger partial charge in [0.15, 0.2) is 0 Å². The second-order valence-corrected chi connectivity index (χ2v) is 10.6. The Balaban J connectivity index is 1.46. The number of benzene rings is 1. The van der Waals surface area contributed by atoms with Gasteiger partial charge in [0.05, 0.1) is 16.7 Å². The van der Waals surface area contributed by atoms with Crippen LogP contribution >= 0.6 is 0 Å². The number of amides is 1. The van der Waals surface area contributed by atoms with Crippen molar-refractivity contribution in [2.24, 2.45) is 23.7 Å². The lowest BCUT2D eigenvalue weighted by atomic mass is 9.62. The van der Waals surface area contributed by atoms with Gasteiger partial charge in [-0.2, -0.15) is 4.31 Å². The van der Waals surface area contributed by atoms with Gasteiger partial charge in [-0.25, -0.2) is 8.42 Å². The predicted molar refractivity (Wildman–Crippen MR) is 111 cm³/mol. The van der Waals surface area contributed by atoms with E-state index in [-0.39, 0.29) is 48.8 Å². The summed E-state index contributed by atoms with van der Waals surface area (Å²) in [7, 11) is -3.62. The SMILES string of the molecule is Cc1ccc(S(=O)(=O)N2CCN(C(=O)[C@H]3[C@H](C(=O)O)[C@H]4C=C[C@H]3CC4)CC2)cc1C. The normalized spacial score (nSPS) is 29.2. The first-order chi connectivity index (χ1) is 14.2. The highest BCUT2D eigenvalue weighted by Gasteiger charge is 2.49. The molecule has 162 valence electrons. The lowest BCUT2D eigenvalue weighted by Crippen LogP contribution is -2.55. The number of carbonyl (C=O) groups excluding carboxylic acids is 1. The zero-order valence-corrected chi connectivity index (χ0v) is 18.1. The Morgan fingerprint density at radius 1 is 0.933 bits per heavy atom. The molecule has 2 bridgehead atoms. The predicted octanol–water partition coefficient (Wildman–Crippen LogP) is 2.05. The van der Waals surface area contributed by atoms with Gasteiger partial charge >= 0.3 is 5.97 Å². The second-order valence-electron chi connectivity index (χ2n) is 8.66. The Kier molecular flexibility index (Phi) is 5.48. The number of carboxylic acid groups (broad SMARTS) is 1. The van der Waals surface area contributed by atoms with Gasteiger partial charge in [0.1, 0.15) is 0 Å². The zero-order valence-electron chi connectivity index (χ0n) is 17.3. The van der Waals surface area contributed by atoms with Crippen molar-refractivity contribution in [3.63, 3.8) is 0 Å². The maximum absolute atomic E-state index is 13.2. The highest BCUT2D eigenvalue weighted by Crippen LogP contribution is 2.45. The molecule has 1 amide bonds. The molecule has 30 heavy (non-hydrogen) atoms. The van der Waals surface area contributed by atoms with Crippen LogP contribution in [0.5, 0.6) is 0 Å². The molecule has 1 aromatic rings. The number of hydrogen-bond acceptors (Lipinski definition) is 4. The van der Waals surface area contributed by atoms with Crippen LogP contribution in [0.1, 0.15) is 24.0 Å². The van der Waals surface area contributed by atoms with Crippen LogP contribution in [0.15, 0.2) is 35.2 Å². The van der Waals surface area contributed by atoms with Crippen LogP contribution in [0.2, 0.25) is 0 Å². The van der Waals surface area contributed by atoms with Gasteiger partial charge in [0.25, 0.3) is 0 Å². The molecule has 0 radical (unpaired) electrons. The number of carboxylic acids is 1. The van der Waals surface area contributed by atoms with Crippen LogP contribution in [0, 0.1) is 37.5 Å². The highest BCUT2D eigenvalue weighted by molar-refractivity contribution is 7.89. The molecule has 5 rings (SSSR count). The number of aryl methyl sites for hydroxylation is 2. The molecule has 0 spiro atoms. The molecule has 0 aromatic heterocycles. The van der Waals surface area contributed by atoms with Crippen molar-refractivity contribution < 1.29 is 23.1 Å². The third kappa shape index (κ3) is 3.56. The number of fused-ring (bicyclic) bond motifs is 2. The van der Waals surface area contributed by atoms with Crippen LogP contribution < -0.4 is 0 Å². The van der Waals surface area contributed by atoms with Gasteiger partial charge in [0.2, 0.25) is 15.9 Å². The average molecular weight is 433 g/mol. The van der Waals surface area contributed by atoms with Crippen molar-refractivity contribution >= 4 is 21.9 Å². The fraction of sp³-hybridized carbons (Fsp3) is 0.545. The summed E-state index contributed by atoms with van der Waals surface area (Å²) in [6.07, 6.45) is 5.59. The number of allylic oxidation sites excluding steroid dienone is 2. The van der Waals surface area contributed by atoms with Crippen molar-refractivity contribution in [1.29, 1.82) is 0 Å². The van der Waals surface area contributed by atoms with Gasteiger partial charge in [-0.1, -0.05) is 18.2 Å². The Morgan fingerprint density at radius 3 is 2.07 bits per heavy atom. The number of hydrogen-bond donors (Lipinski definition) is 1. The summed E-state index contributed by atoms with van der Waals surface area (Å²) >= 11 is 0. The molecule has 1 aliphatic heterocycles. The molecule has 1 saturated heterocycles. The van der Waals surface area contributed by atoms with E-state index in [9.17, 15) is 23.1 Å². The molecule has 0 unspecified atom stereocenters. The molecule has 4 atom stereocenters. The molecular formula is C22H28N2O5S. The number of piperazine rings is 1. The molecule has 8 heteroatoms. The minimum atomic E-state index is -3.62. The Hall–Kier alpha value is -2.19. The number of aliphatic carboxylic acids is 1. The van der Waals surface area contributed by atoms with Crippen molar-refractivity contribution in [3.8, 4) is 0 Å². The summed E-state index contributed by atoms with van der Waals surface area (Å²) in [4.78, 5) is 27.0.